The van der Waals surface area contributed by atoms with Gasteiger partial charge in [0.1, 0.15) is 11.6 Å². The third-order valence-electron chi connectivity index (χ3n) is 6.93. The van der Waals surface area contributed by atoms with Crippen LogP contribution in [0.1, 0.15) is 30.5 Å². The Labute approximate surface area is 197 Å². The van der Waals surface area contributed by atoms with Crippen LogP contribution in [0, 0.1) is 24.5 Å². The number of nitrogens with zero attached hydrogens (tertiary/aromatic N) is 3. The molecule has 6 rings (SSSR count). The quantitative estimate of drug-likeness (QED) is 0.507. The van der Waals surface area contributed by atoms with Gasteiger partial charge in [-0.25, -0.2) is 17.2 Å². The number of fused-ring (bicyclic) bond motifs is 1. The van der Waals surface area contributed by atoms with Crippen molar-refractivity contribution >= 4 is 15.8 Å². The topological polar surface area (TPSA) is 72.3 Å². The lowest BCUT2D eigenvalue weighted by molar-refractivity contribution is -0.122. The predicted molar refractivity (Wildman–Crippen MR) is 122 cm³/mol. The van der Waals surface area contributed by atoms with Crippen LogP contribution in [0.2, 0.25) is 0 Å². The molecule has 0 amide bonds. The largest absolute Gasteiger partial charge is 0.298 e. The van der Waals surface area contributed by atoms with Gasteiger partial charge in [0.25, 0.3) is 0 Å². The summed E-state index contributed by atoms with van der Waals surface area (Å²) in [7, 11) is -2.11. The first kappa shape index (κ1) is 22.9. The van der Waals surface area contributed by atoms with E-state index in [1.54, 1.807) is 16.8 Å². The standard InChI is InChI=1S/C25H25F2N3O3S/c1-15-11-23(29(2)28-15)17-3-9-22(27)16(12-17)4-10-24(31)25-18-13-20(14-18)30(25)34(32,33)21-7-5-19(26)6-8-21/h3,5-9,11-12,18,20,25H,4,10,13-14H2,1-2H3/t18?,20?,25-/m0/s1. The maximum Gasteiger partial charge on any atom is 0.243 e. The predicted octanol–water partition coefficient (Wildman–Crippen LogP) is 4.03. The number of sulfonamides is 1. The number of Topliss-reactive ketones (excluding diaryl/α,β-unsaturated/α-hetero) is 1. The van der Waals surface area contributed by atoms with Gasteiger partial charge in [0.2, 0.25) is 10.0 Å². The number of benzene rings is 2. The molecule has 1 aliphatic carbocycles. The highest BCUT2D eigenvalue weighted by atomic mass is 32.2. The van der Waals surface area contributed by atoms with Crippen LogP contribution in [0.25, 0.3) is 11.3 Å². The van der Waals surface area contributed by atoms with Gasteiger partial charge in [0.05, 0.1) is 22.3 Å². The van der Waals surface area contributed by atoms with Crippen LogP contribution in [-0.4, -0.2) is 40.4 Å². The summed E-state index contributed by atoms with van der Waals surface area (Å²) in [5, 5.41) is 4.33. The molecule has 2 aromatic carbocycles. The molecule has 0 unspecified atom stereocenters. The zero-order valence-corrected chi connectivity index (χ0v) is 19.7. The summed E-state index contributed by atoms with van der Waals surface area (Å²) < 4.78 is 57.4. The Morgan fingerprint density at radius 2 is 1.79 bits per heavy atom. The van der Waals surface area contributed by atoms with Crippen molar-refractivity contribution in [2.24, 2.45) is 13.0 Å². The van der Waals surface area contributed by atoms with E-state index in [1.807, 2.05) is 20.0 Å². The van der Waals surface area contributed by atoms with Crippen LogP contribution in [-0.2, 0) is 28.3 Å². The molecule has 0 N–H and O–H groups in total. The first-order valence-electron chi connectivity index (χ1n) is 11.3. The molecule has 2 saturated heterocycles. The van der Waals surface area contributed by atoms with Crippen molar-refractivity contribution in [1.29, 1.82) is 0 Å². The van der Waals surface area contributed by atoms with Gasteiger partial charge in [-0.1, -0.05) is 0 Å². The van der Waals surface area contributed by atoms with Gasteiger partial charge in [0.15, 0.2) is 5.78 Å². The Balaban J connectivity index is 1.35. The van der Waals surface area contributed by atoms with Crippen LogP contribution in [0.15, 0.2) is 53.4 Å². The highest BCUT2D eigenvalue weighted by Crippen LogP contribution is 2.49. The number of hydrogen-bond donors (Lipinski definition) is 0. The average molecular weight is 486 g/mol. The number of aryl methyl sites for hydroxylation is 3. The number of carbonyl (C=O) groups excluding carboxylic acids is 1. The molecule has 178 valence electrons. The molecule has 3 aliphatic rings. The van der Waals surface area contributed by atoms with E-state index in [0.29, 0.717) is 18.4 Å². The van der Waals surface area contributed by atoms with Crippen LogP contribution < -0.4 is 0 Å². The van der Waals surface area contributed by atoms with Crippen LogP contribution in [0.3, 0.4) is 0 Å². The fourth-order valence-corrected chi connectivity index (χ4v) is 7.10. The molecule has 3 heterocycles. The van der Waals surface area contributed by atoms with Gasteiger partial charge >= 0.3 is 0 Å². The number of hydrogen-bond acceptors (Lipinski definition) is 4. The van der Waals surface area contributed by atoms with Crippen molar-refractivity contribution in [2.75, 3.05) is 0 Å². The van der Waals surface area contributed by atoms with Crippen molar-refractivity contribution in [3.63, 3.8) is 0 Å². The lowest BCUT2D eigenvalue weighted by atomic mass is 9.81. The summed E-state index contributed by atoms with van der Waals surface area (Å²) >= 11 is 0. The second-order valence-corrected chi connectivity index (χ2v) is 11.0. The third kappa shape index (κ3) is 3.86. The lowest BCUT2D eigenvalue weighted by Gasteiger charge is -2.25. The summed E-state index contributed by atoms with van der Waals surface area (Å²) in [5.74, 6) is -1.16. The third-order valence-corrected chi connectivity index (χ3v) is 8.88. The van der Waals surface area contributed by atoms with Crippen molar-refractivity contribution < 1.29 is 22.0 Å². The molecule has 1 atom stereocenters. The Hall–Kier alpha value is -2.91. The van der Waals surface area contributed by atoms with E-state index >= 15 is 0 Å². The molecule has 34 heavy (non-hydrogen) atoms. The molecule has 2 bridgehead atoms. The molecule has 1 aromatic heterocycles. The molecule has 9 heteroatoms. The van der Waals surface area contributed by atoms with Crippen molar-refractivity contribution in [3.05, 3.63) is 71.4 Å². The molecule has 3 aromatic rings. The van der Waals surface area contributed by atoms with Crippen molar-refractivity contribution in [2.45, 2.75) is 49.6 Å². The minimum Gasteiger partial charge on any atom is -0.298 e. The van der Waals surface area contributed by atoms with Gasteiger partial charge < -0.3 is 0 Å². The summed E-state index contributed by atoms with van der Waals surface area (Å²) in [6, 6.07) is 10.4. The van der Waals surface area contributed by atoms with Gasteiger partial charge in [-0.15, -0.1) is 0 Å². The van der Waals surface area contributed by atoms with Crippen molar-refractivity contribution in [3.8, 4) is 11.3 Å². The SMILES string of the molecule is Cc1cc(-c2ccc(F)c(CCC(=O)[C@@H]3C4CC(C4)N3S(=O)(=O)c3ccc(F)cc3)c2)n(C)n1. The summed E-state index contributed by atoms with van der Waals surface area (Å²) in [5.41, 5.74) is 2.90. The number of rotatable bonds is 7. The van der Waals surface area contributed by atoms with Crippen LogP contribution >= 0.6 is 0 Å². The van der Waals surface area contributed by atoms with Crippen LogP contribution in [0.5, 0.6) is 0 Å². The summed E-state index contributed by atoms with van der Waals surface area (Å²) in [4.78, 5) is 13.2. The van der Waals surface area contributed by atoms with E-state index in [2.05, 4.69) is 5.10 Å². The highest BCUT2D eigenvalue weighted by Gasteiger charge is 2.58. The van der Waals surface area contributed by atoms with E-state index < -0.39 is 27.7 Å². The number of carbonyl (C=O) groups is 1. The number of halogens is 2. The molecule has 0 radical (unpaired) electrons. The lowest BCUT2D eigenvalue weighted by Crippen LogP contribution is -2.41. The average Bonchev–Trinajstić information content (AvgIpc) is 3.44. The minimum atomic E-state index is -3.93. The van der Waals surface area contributed by atoms with Crippen molar-refractivity contribution in [1.82, 2.24) is 14.1 Å². The molecule has 0 spiro atoms. The fraction of sp³-hybridized carbons (Fsp3) is 0.360. The van der Waals surface area contributed by atoms with Gasteiger partial charge in [0, 0.05) is 25.1 Å². The number of ketones is 1. The molecule has 3 fully saturated rings. The number of aromatic nitrogens is 2. The maximum atomic E-state index is 14.6. The monoisotopic (exact) mass is 485 g/mol. The van der Waals surface area contributed by atoms with E-state index in [0.717, 1.165) is 29.1 Å². The van der Waals surface area contributed by atoms with E-state index in [1.165, 1.54) is 22.5 Å². The zero-order chi connectivity index (χ0) is 24.2. The summed E-state index contributed by atoms with van der Waals surface area (Å²) in [6.07, 6.45) is 1.49. The Kier molecular flexibility index (Phi) is 5.64. The van der Waals surface area contributed by atoms with E-state index in [9.17, 15) is 22.0 Å². The van der Waals surface area contributed by atoms with Crippen LogP contribution in [0.4, 0.5) is 8.78 Å². The fourth-order valence-electron chi connectivity index (χ4n) is 5.22. The molecule has 1 saturated carbocycles. The normalized spacial score (nSPS) is 22.1. The smallest absolute Gasteiger partial charge is 0.243 e. The first-order valence-corrected chi connectivity index (χ1v) is 12.7. The van der Waals surface area contributed by atoms with Gasteiger partial charge in [-0.2, -0.15) is 9.40 Å². The minimum absolute atomic E-state index is 0.0236. The molecular weight excluding hydrogens is 460 g/mol. The second kappa shape index (κ2) is 8.39. The maximum absolute atomic E-state index is 14.6. The first-order chi connectivity index (χ1) is 16.1. The van der Waals surface area contributed by atoms with E-state index in [4.69, 9.17) is 0 Å². The van der Waals surface area contributed by atoms with Gasteiger partial charge in [-0.05, 0) is 86.2 Å². The van der Waals surface area contributed by atoms with E-state index in [-0.39, 0.29) is 35.5 Å². The Morgan fingerprint density at radius 3 is 2.44 bits per heavy atom. The highest BCUT2D eigenvalue weighted by molar-refractivity contribution is 7.89. The Morgan fingerprint density at radius 1 is 1.09 bits per heavy atom. The molecule has 6 nitrogen and oxygen atoms in total. The molecular formula is C25H25F2N3O3S. The Bertz CT molecular complexity index is 1360. The van der Waals surface area contributed by atoms with Gasteiger partial charge in [-0.3, -0.25) is 9.48 Å². The zero-order valence-electron chi connectivity index (χ0n) is 18.9. The summed E-state index contributed by atoms with van der Waals surface area (Å²) in [6.45, 7) is 1.88. The molecule has 2 aliphatic heterocycles. The second-order valence-electron chi connectivity index (χ2n) is 9.19.